The van der Waals surface area contributed by atoms with Gasteiger partial charge in [0.1, 0.15) is 5.82 Å². The van der Waals surface area contributed by atoms with E-state index in [1.807, 2.05) is 12.1 Å². The van der Waals surface area contributed by atoms with Crippen LogP contribution in [0.5, 0.6) is 0 Å². The predicted molar refractivity (Wildman–Crippen MR) is 78.9 cm³/mol. The maximum absolute atomic E-state index is 10.7. The van der Waals surface area contributed by atoms with Gasteiger partial charge >= 0.3 is 7.05 Å². The molecule has 2 N–H and O–H groups in total. The van der Waals surface area contributed by atoms with Crippen molar-refractivity contribution in [2.75, 3.05) is 4.90 Å². The Morgan fingerprint density at radius 3 is 2.60 bits per heavy atom. The monoisotopic (exact) mass is 273 g/mol. The zero-order valence-corrected chi connectivity index (χ0v) is 11.7. The molecule has 2 atom stereocenters. The fourth-order valence-corrected chi connectivity index (χ4v) is 3.65. The minimum atomic E-state index is -0.448. The maximum atomic E-state index is 10.7. The molecule has 2 aliphatic heterocycles. The van der Waals surface area contributed by atoms with Crippen LogP contribution in [0, 0.1) is 0 Å². The lowest BCUT2D eigenvalue weighted by Gasteiger charge is -2.40. The Hall–Kier alpha value is -1.40. The van der Waals surface area contributed by atoms with E-state index in [4.69, 9.17) is 0 Å². The van der Waals surface area contributed by atoms with Crippen molar-refractivity contribution in [2.45, 2.75) is 50.6 Å². The molecule has 1 aromatic rings. The first kappa shape index (κ1) is 13.6. The maximum Gasteiger partial charge on any atom is 0.373 e. The summed E-state index contributed by atoms with van der Waals surface area (Å²) >= 11 is 0. The highest BCUT2D eigenvalue weighted by Crippen LogP contribution is 2.38. The van der Waals surface area contributed by atoms with E-state index in [1.165, 1.54) is 12.8 Å². The van der Waals surface area contributed by atoms with Crippen LogP contribution in [0.4, 0.5) is 5.82 Å². The van der Waals surface area contributed by atoms with E-state index in [0.717, 1.165) is 24.9 Å². The summed E-state index contributed by atoms with van der Waals surface area (Å²) in [6.45, 7) is 1.77. The molecule has 5 nitrogen and oxygen atoms in total. The molecule has 3 heterocycles. The summed E-state index contributed by atoms with van der Waals surface area (Å²) < 4.78 is 0. The van der Waals surface area contributed by atoms with E-state index in [1.54, 1.807) is 13.0 Å². The highest BCUT2D eigenvalue weighted by atomic mass is 16.2. The van der Waals surface area contributed by atoms with Crippen LogP contribution < -0.4 is 10.1 Å². The van der Waals surface area contributed by atoms with Crippen LogP contribution in [0.25, 0.3) is 0 Å². The van der Waals surface area contributed by atoms with Crippen molar-refractivity contribution >= 4 is 19.2 Å². The summed E-state index contributed by atoms with van der Waals surface area (Å²) in [6, 6.07) is 5.13. The molecule has 0 saturated carbocycles. The first-order valence-electron chi connectivity index (χ1n) is 7.31. The van der Waals surface area contributed by atoms with Crippen LogP contribution in [0.3, 0.4) is 0 Å². The molecule has 2 fully saturated rings. The molecule has 3 rings (SSSR count). The molecule has 0 radical (unpaired) electrons. The fraction of sp³-hybridized carbons (Fsp3) is 0.571. The van der Waals surface area contributed by atoms with E-state index in [0.29, 0.717) is 23.7 Å². The largest absolute Gasteiger partial charge is 0.437 e. The standard InChI is InChI=1S/C14H20BN3O2/c1-15(20)17-11-6-12-3-4-13(7-11)18(12)14-5-2-10(9-19)8-16-14/h2,5,8-9,11-13,17,20H,3-4,6-7H2,1H3. The average molecular weight is 273 g/mol. The number of aromatic nitrogens is 1. The van der Waals surface area contributed by atoms with Crippen molar-refractivity contribution < 1.29 is 9.82 Å². The number of rotatable bonds is 4. The van der Waals surface area contributed by atoms with Crippen molar-refractivity contribution in [3.8, 4) is 0 Å². The number of anilines is 1. The number of pyridine rings is 1. The first-order chi connectivity index (χ1) is 9.67. The second kappa shape index (κ2) is 5.54. The van der Waals surface area contributed by atoms with Crippen LogP contribution in [-0.4, -0.2) is 41.5 Å². The van der Waals surface area contributed by atoms with Crippen molar-refractivity contribution in [2.24, 2.45) is 0 Å². The van der Waals surface area contributed by atoms with Gasteiger partial charge in [-0.05, 0) is 44.6 Å². The summed E-state index contributed by atoms with van der Waals surface area (Å²) in [7, 11) is -0.448. The van der Waals surface area contributed by atoms with Crippen LogP contribution in [0.1, 0.15) is 36.0 Å². The minimum Gasteiger partial charge on any atom is -0.437 e. The van der Waals surface area contributed by atoms with Crippen molar-refractivity contribution in [1.29, 1.82) is 0 Å². The first-order valence-corrected chi connectivity index (χ1v) is 7.31. The number of piperidine rings is 1. The topological polar surface area (TPSA) is 65.5 Å². The van der Waals surface area contributed by atoms with E-state index in [9.17, 15) is 9.82 Å². The van der Waals surface area contributed by atoms with Gasteiger partial charge in [0.05, 0.1) is 0 Å². The van der Waals surface area contributed by atoms with Crippen molar-refractivity contribution in [3.63, 3.8) is 0 Å². The molecule has 0 aromatic carbocycles. The molecule has 0 aliphatic carbocycles. The fourth-order valence-electron chi connectivity index (χ4n) is 3.65. The lowest BCUT2D eigenvalue weighted by atomic mass is 9.84. The summed E-state index contributed by atoms with van der Waals surface area (Å²) in [4.78, 5) is 17.5. The number of carbonyl (C=O) groups is 1. The zero-order chi connectivity index (χ0) is 14.1. The van der Waals surface area contributed by atoms with Gasteiger partial charge in [-0.15, -0.1) is 0 Å². The van der Waals surface area contributed by atoms with Crippen molar-refractivity contribution in [3.05, 3.63) is 23.9 Å². The van der Waals surface area contributed by atoms with Gasteiger partial charge in [-0.25, -0.2) is 4.98 Å². The molecule has 106 valence electrons. The molecule has 2 unspecified atom stereocenters. The lowest BCUT2D eigenvalue weighted by Crippen LogP contribution is -2.52. The number of hydrogen-bond acceptors (Lipinski definition) is 5. The SMILES string of the molecule is CB(O)NC1CC2CCC(C1)N2c1ccc(C=O)cn1. The quantitative estimate of drug-likeness (QED) is 0.635. The average Bonchev–Trinajstić information content (AvgIpc) is 2.70. The van der Waals surface area contributed by atoms with E-state index >= 15 is 0 Å². The zero-order valence-electron chi connectivity index (χ0n) is 11.7. The summed E-state index contributed by atoms with van der Waals surface area (Å²) in [5.41, 5.74) is 0.617. The number of carbonyl (C=O) groups excluding carboxylic acids is 1. The van der Waals surface area contributed by atoms with Crippen LogP contribution >= 0.6 is 0 Å². The molecule has 1 aromatic heterocycles. The summed E-state index contributed by atoms with van der Waals surface area (Å²) in [5.74, 6) is 0.971. The van der Waals surface area contributed by atoms with E-state index in [2.05, 4.69) is 15.1 Å². The van der Waals surface area contributed by atoms with Crippen LogP contribution in [-0.2, 0) is 0 Å². The molecular weight excluding hydrogens is 253 g/mol. The Morgan fingerprint density at radius 1 is 1.40 bits per heavy atom. The smallest absolute Gasteiger partial charge is 0.373 e. The second-order valence-corrected chi connectivity index (χ2v) is 5.87. The van der Waals surface area contributed by atoms with E-state index in [-0.39, 0.29) is 0 Å². The molecule has 2 aliphatic rings. The molecule has 0 amide bonds. The number of fused-ring (bicyclic) bond motifs is 2. The Balaban J connectivity index is 1.74. The number of hydrogen-bond donors (Lipinski definition) is 2. The molecule has 6 heteroatoms. The normalized spacial score (nSPS) is 28.5. The second-order valence-electron chi connectivity index (χ2n) is 5.87. The molecule has 2 bridgehead atoms. The van der Waals surface area contributed by atoms with Crippen molar-refractivity contribution in [1.82, 2.24) is 10.2 Å². The number of nitrogens with one attached hydrogen (secondary N) is 1. The number of nitrogens with zero attached hydrogens (tertiary/aromatic N) is 2. The Morgan fingerprint density at radius 2 is 2.10 bits per heavy atom. The van der Waals surface area contributed by atoms with Gasteiger partial charge in [0.25, 0.3) is 0 Å². The van der Waals surface area contributed by atoms with Gasteiger partial charge < -0.3 is 15.2 Å². The highest BCUT2D eigenvalue weighted by Gasteiger charge is 2.41. The van der Waals surface area contributed by atoms with E-state index < -0.39 is 7.05 Å². The van der Waals surface area contributed by atoms with Crippen LogP contribution in [0.15, 0.2) is 18.3 Å². The lowest BCUT2D eigenvalue weighted by molar-refractivity contribution is 0.112. The molecule has 0 spiro atoms. The molecule has 20 heavy (non-hydrogen) atoms. The van der Waals surface area contributed by atoms with Gasteiger partial charge in [0, 0.05) is 29.9 Å². The summed E-state index contributed by atoms with van der Waals surface area (Å²) in [5, 5.41) is 12.7. The third kappa shape index (κ3) is 2.58. The Labute approximate surface area is 119 Å². The molecular formula is C14H20BN3O2. The predicted octanol–water partition coefficient (Wildman–Crippen LogP) is 1.09. The highest BCUT2D eigenvalue weighted by molar-refractivity contribution is 6.45. The van der Waals surface area contributed by atoms with Gasteiger partial charge in [-0.2, -0.15) is 0 Å². The Kier molecular flexibility index (Phi) is 3.76. The van der Waals surface area contributed by atoms with Gasteiger partial charge in [-0.1, -0.05) is 0 Å². The van der Waals surface area contributed by atoms with Gasteiger partial charge in [-0.3, -0.25) is 4.79 Å². The van der Waals surface area contributed by atoms with Gasteiger partial charge in [0.15, 0.2) is 6.29 Å². The van der Waals surface area contributed by atoms with Gasteiger partial charge in [0.2, 0.25) is 0 Å². The van der Waals surface area contributed by atoms with Crippen LogP contribution in [0.2, 0.25) is 6.82 Å². The summed E-state index contributed by atoms with van der Waals surface area (Å²) in [6.07, 6.45) is 6.91. The third-order valence-electron chi connectivity index (χ3n) is 4.38. The molecule has 2 saturated heterocycles. The number of aldehydes is 1. The Bertz CT molecular complexity index is 466. The minimum absolute atomic E-state index is 0.387. The third-order valence-corrected chi connectivity index (χ3v) is 4.38.